The Morgan fingerprint density at radius 2 is 2.20 bits per heavy atom. The van der Waals surface area contributed by atoms with E-state index in [2.05, 4.69) is 35.9 Å². The van der Waals surface area contributed by atoms with Gasteiger partial charge < -0.3 is 5.32 Å². The molecule has 2 heterocycles. The van der Waals surface area contributed by atoms with Gasteiger partial charge >= 0.3 is 0 Å². The fourth-order valence-corrected chi connectivity index (χ4v) is 1.89. The maximum atomic E-state index is 4.28. The predicted molar refractivity (Wildman–Crippen MR) is 73.7 cm³/mol. The molecular weight excluding hydrogens is 254 g/mol. The minimum Gasteiger partial charge on any atom is -0.377 e. The second-order valence-corrected chi connectivity index (χ2v) is 4.31. The third kappa shape index (κ3) is 2.61. The highest BCUT2D eigenvalue weighted by Crippen LogP contribution is 2.21. The van der Waals surface area contributed by atoms with Crippen LogP contribution in [0.2, 0.25) is 0 Å². The van der Waals surface area contributed by atoms with Crippen molar-refractivity contribution in [3.8, 4) is 11.4 Å². The molecule has 0 spiro atoms. The zero-order chi connectivity index (χ0) is 13.8. The Kier molecular flexibility index (Phi) is 3.32. The number of aromatic amines is 1. The lowest BCUT2D eigenvalue weighted by Gasteiger charge is -2.14. The molecule has 0 amide bonds. The summed E-state index contributed by atoms with van der Waals surface area (Å²) in [4.78, 5) is 8.35. The number of hydrogen-bond acceptors (Lipinski definition) is 6. The molecule has 0 aliphatic heterocycles. The van der Waals surface area contributed by atoms with E-state index in [0.717, 1.165) is 16.9 Å². The molecule has 1 aromatic carbocycles. The van der Waals surface area contributed by atoms with Gasteiger partial charge in [-0.25, -0.2) is 0 Å². The van der Waals surface area contributed by atoms with Gasteiger partial charge in [-0.15, -0.1) is 10.2 Å². The number of H-pyrrole nitrogens is 1. The summed E-state index contributed by atoms with van der Waals surface area (Å²) in [5, 5.41) is 17.3. The van der Waals surface area contributed by atoms with E-state index in [4.69, 9.17) is 0 Å². The lowest BCUT2D eigenvalue weighted by molar-refractivity contribution is 0.827. The van der Waals surface area contributed by atoms with E-state index >= 15 is 0 Å². The lowest BCUT2D eigenvalue weighted by atomic mass is 10.1. The maximum absolute atomic E-state index is 4.28. The third-order valence-electron chi connectivity index (χ3n) is 2.88. The molecular formula is C13H13N7. The first-order valence-corrected chi connectivity index (χ1v) is 6.19. The molecule has 0 fully saturated rings. The average Bonchev–Trinajstić information content (AvgIpc) is 3.03. The smallest absolute Gasteiger partial charge is 0.204 e. The molecule has 0 radical (unpaired) electrons. The molecule has 1 unspecified atom stereocenters. The van der Waals surface area contributed by atoms with E-state index in [1.807, 2.05) is 31.2 Å². The molecule has 7 nitrogen and oxygen atoms in total. The minimum atomic E-state index is 0.0595. The number of benzene rings is 1. The molecule has 2 N–H and O–H groups in total. The Labute approximate surface area is 115 Å². The van der Waals surface area contributed by atoms with E-state index in [1.54, 1.807) is 18.6 Å². The standard InChI is InChI=1S/C13H13N7/c1-9(12-8-14-5-6-15-12)16-11-4-2-3-10(7-11)13-17-19-20-18-13/h2-9,16H,1H3,(H,17,18,19,20). The highest BCUT2D eigenvalue weighted by atomic mass is 15.5. The van der Waals surface area contributed by atoms with E-state index < -0.39 is 0 Å². The van der Waals surface area contributed by atoms with Crippen LogP contribution in [0.15, 0.2) is 42.9 Å². The van der Waals surface area contributed by atoms with Crippen LogP contribution in [0.5, 0.6) is 0 Å². The second kappa shape index (κ2) is 5.43. The van der Waals surface area contributed by atoms with Crippen molar-refractivity contribution in [2.45, 2.75) is 13.0 Å². The van der Waals surface area contributed by atoms with Crippen LogP contribution >= 0.6 is 0 Å². The van der Waals surface area contributed by atoms with Crippen molar-refractivity contribution in [2.75, 3.05) is 5.32 Å². The Bertz CT molecular complexity index is 666. The molecule has 2 aromatic heterocycles. The van der Waals surface area contributed by atoms with Crippen LogP contribution in [-0.2, 0) is 0 Å². The predicted octanol–water partition coefficient (Wildman–Crippen LogP) is 1.83. The molecule has 0 aliphatic carbocycles. The average molecular weight is 267 g/mol. The number of aromatic nitrogens is 6. The second-order valence-electron chi connectivity index (χ2n) is 4.31. The minimum absolute atomic E-state index is 0.0595. The maximum Gasteiger partial charge on any atom is 0.204 e. The molecule has 3 rings (SSSR count). The summed E-state index contributed by atoms with van der Waals surface area (Å²) in [5.41, 5.74) is 2.75. The van der Waals surface area contributed by atoms with Crippen molar-refractivity contribution >= 4 is 5.69 Å². The van der Waals surface area contributed by atoms with Crippen LogP contribution in [0.1, 0.15) is 18.7 Å². The number of tetrazole rings is 1. The molecule has 3 aromatic rings. The lowest BCUT2D eigenvalue weighted by Crippen LogP contribution is -2.08. The molecule has 100 valence electrons. The molecule has 0 saturated carbocycles. The van der Waals surface area contributed by atoms with Crippen LogP contribution < -0.4 is 5.32 Å². The first kappa shape index (κ1) is 12.2. The van der Waals surface area contributed by atoms with Gasteiger partial charge in [0.15, 0.2) is 0 Å². The van der Waals surface area contributed by atoms with E-state index in [1.165, 1.54) is 0 Å². The van der Waals surface area contributed by atoms with Gasteiger partial charge in [-0.2, -0.15) is 5.21 Å². The van der Waals surface area contributed by atoms with Crippen molar-refractivity contribution < 1.29 is 0 Å². The fraction of sp³-hybridized carbons (Fsp3) is 0.154. The van der Waals surface area contributed by atoms with Gasteiger partial charge in [0.2, 0.25) is 5.82 Å². The van der Waals surface area contributed by atoms with Crippen molar-refractivity contribution in [3.05, 3.63) is 48.5 Å². The van der Waals surface area contributed by atoms with Crippen LogP contribution in [0.3, 0.4) is 0 Å². The first-order chi connectivity index (χ1) is 9.83. The zero-order valence-corrected chi connectivity index (χ0v) is 10.9. The van der Waals surface area contributed by atoms with Gasteiger partial charge in [0.05, 0.1) is 17.9 Å². The Morgan fingerprint density at radius 3 is 2.95 bits per heavy atom. The summed E-state index contributed by atoms with van der Waals surface area (Å²) in [6.45, 7) is 2.03. The quantitative estimate of drug-likeness (QED) is 0.749. The van der Waals surface area contributed by atoms with Crippen molar-refractivity contribution in [1.82, 2.24) is 30.6 Å². The topological polar surface area (TPSA) is 92.3 Å². The molecule has 20 heavy (non-hydrogen) atoms. The van der Waals surface area contributed by atoms with E-state index in [-0.39, 0.29) is 6.04 Å². The highest BCUT2D eigenvalue weighted by Gasteiger charge is 2.08. The van der Waals surface area contributed by atoms with E-state index in [9.17, 15) is 0 Å². The molecule has 1 atom stereocenters. The summed E-state index contributed by atoms with van der Waals surface area (Å²) in [6, 6.07) is 7.89. The molecule has 0 saturated heterocycles. The van der Waals surface area contributed by atoms with Gasteiger partial charge in [0.1, 0.15) is 0 Å². The molecule has 0 bridgehead atoms. The largest absolute Gasteiger partial charge is 0.377 e. The molecule has 0 aliphatic rings. The normalized spacial score (nSPS) is 12.1. The number of rotatable bonds is 4. The number of anilines is 1. The van der Waals surface area contributed by atoms with Gasteiger partial charge in [0.25, 0.3) is 0 Å². The molecule has 7 heteroatoms. The van der Waals surface area contributed by atoms with Crippen molar-refractivity contribution in [3.63, 3.8) is 0 Å². The van der Waals surface area contributed by atoms with Crippen LogP contribution in [-0.4, -0.2) is 30.6 Å². The van der Waals surface area contributed by atoms with E-state index in [0.29, 0.717) is 5.82 Å². The monoisotopic (exact) mass is 267 g/mol. The van der Waals surface area contributed by atoms with Crippen molar-refractivity contribution in [1.29, 1.82) is 0 Å². The number of nitrogens with one attached hydrogen (secondary N) is 2. The first-order valence-electron chi connectivity index (χ1n) is 6.19. The summed E-state index contributed by atoms with van der Waals surface area (Å²) in [7, 11) is 0. The van der Waals surface area contributed by atoms with Gasteiger partial charge in [-0.1, -0.05) is 12.1 Å². The van der Waals surface area contributed by atoms with Gasteiger partial charge in [-0.05, 0) is 24.3 Å². The Hall–Kier alpha value is -2.83. The third-order valence-corrected chi connectivity index (χ3v) is 2.88. The van der Waals surface area contributed by atoms with Gasteiger partial charge in [-0.3, -0.25) is 9.97 Å². The van der Waals surface area contributed by atoms with Crippen LogP contribution in [0.4, 0.5) is 5.69 Å². The zero-order valence-electron chi connectivity index (χ0n) is 10.9. The van der Waals surface area contributed by atoms with Gasteiger partial charge in [0, 0.05) is 23.6 Å². The van der Waals surface area contributed by atoms with Crippen LogP contribution in [0, 0.1) is 0 Å². The SMILES string of the molecule is CC(Nc1cccc(-c2nn[nH]n2)c1)c1cnccn1. The number of hydrogen-bond donors (Lipinski definition) is 2. The highest BCUT2D eigenvalue weighted by molar-refractivity contribution is 5.62. The summed E-state index contributed by atoms with van der Waals surface area (Å²) in [5.74, 6) is 0.570. The number of nitrogens with zero attached hydrogens (tertiary/aromatic N) is 5. The Balaban J connectivity index is 1.80. The summed E-state index contributed by atoms with van der Waals surface area (Å²) < 4.78 is 0. The summed E-state index contributed by atoms with van der Waals surface area (Å²) in [6.07, 6.45) is 5.09. The van der Waals surface area contributed by atoms with Crippen LogP contribution in [0.25, 0.3) is 11.4 Å². The van der Waals surface area contributed by atoms with Crippen molar-refractivity contribution in [2.24, 2.45) is 0 Å². The Morgan fingerprint density at radius 1 is 1.25 bits per heavy atom. The summed E-state index contributed by atoms with van der Waals surface area (Å²) >= 11 is 0. The fourth-order valence-electron chi connectivity index (χ4n) is 1.89.